The van der Waals surface area contributed by atoms with E-state index in [2.05, 4.69) is 11.9 Å². The van der Waals surface area contributed by atoms with Gasteiger partial charge in [0.25, 0.3) is 0 Å². The van der Waals surface area contributed by atoms with Gasteiger partial charge in [0.2, 0.25) is 0 Å². The predicted molar refractivity (Wildman–Crippen MR) is 60.2 cm³/mol. The molecule has 0 fully saturated rings. The van der Waals surface area contributed by atoms with Crippen LogP contribution in [0, 0.1) is 0 Å². The van der Waals surface area contributed by atoms with Crippen LogP contribution in [0.5, 0.6) is 0 Å². The van der Waals surface area contributed by atoms with E-state index in [1.165, 1.54) is 0 Å². The van der Waals surface area contributed by atoms with E-state index in [1.807, 2.05) is 32.0 Å². The molecule has 0 bridgehead atoms. The Morgan fingerprint density at radius 2 is 1.86 bits per heavy atom. The minimum atomic E-state index is -0.828. The fourth-order valence-corrected chi connectivity index (χ4v) is 1.02. The molecular formula is C12H21NO. The van der Waals surface area contributed by atoms with Gasteiger partial charge in [-0.25, -0.2) is 0 Å². The van der Waals surface area contributed by atoms with Crippen molar-refractivity contribution in [3.8, 4) is 0 Å². The molecule has 2 heteroatoms. The molecule has 1 rings (SSSR count). The van der Waals surface area contributed by atoms with E-state index in [1.54, 1.807) is 13.8 Å². The molecule has 0 saturated carbocycles. The summed E-state index contributed by atoms with van der Waals surface area (Å²) in [6, 6.07) is 5.74. The minimum absolute atomic E-state index is 0.738. The summed E-state index contributed by atoms with van der Waals surface area (Å²) in [6.07, 6.45) is 0.907. The van der Waals surface area contributed by atoms with Gasteiger partial charge in [0.15, 0.2) is 0 Å². The Labute approximate surface area is 87.0 Å². The molecule has 80 valence electrons. The second kappa shape index (κ2) is 5.76. The number of rotatable bonds is 2. The third kappa shape index (κ3) is 3.88. The molecule has 0 radical (unpaired) electrons. The third-order valence-corrected chi connectivity index (χ3v) is 1.80. The first-order chi connectivity index (χ1) is 6.54. The molecule has 0 saturated heterocycles. The molecule has 1 aromatic rings. The molecule has 1 aromatic heterocycles. The van der Waals surface area contributed by atoms with E-state index in [4.69, 9.17) is 0 Å². The van der Waals surface area contributed by atoms with Gasteiger partial charge < -0.3 is 5.11 Å². The van der Waals surface area contributed by atoms with Crippen LogP contribution in [0.4, 0.5) is 0 Å². The van der Waals surface area contributed by atoms with Crippen LogP contribution in [0.15, 0.2) is 18.2 Å². The van der Waals surface area contributed by atoms with Gasteiger partial charge in [0.1, 0.15) is 5.60 Å². The smallest absolute Gasteiger partial charge is 0.101 e. The lowest BCUT2D eigenvalue weighted by Crippen LogP contribution is -2.17. The van der Waals surface area contributed by atoms with Crippen LogP contribution < -0.4 is 0 Å². The average Bonchev–Trinajstić information content (AvgIpc) is 2.20. The number of aryl methyl sites for hydroxylation is 1. The van der Waals surface area contributed by atoms with E-state index in [0.29, 0.717) is 0 Å². The molecule has 0 aromatic carbocycles. The zero-order valence-corrected chi connectivity index (χ0v) is 9.83. The van der Waals surface area contributed by atoms with Crippen molar-refractivity contribution < 1.29 is 5.11 Å². The molecular weight excluding hydrogens is 174 g/mol. The van der Waals surface area contributed by atoms with Gasteiger partial charge in [0, 0.05) is 5.69 Å². The highest BCUT2D eigenvalue weighted by Crippen LogP contribution is 2.16. The fourth-order valence-electron chi connectivity index (χ4n) is 1.02. The van der Waals surface area contributed by atoms with Crippen molar-refractivity contribution in [3.05, 3.63) is 29.6 Å². The summed E-state index contributed by atoms with van der Waals surface area (Å²) < 4.78 is 0. The van der Waals surface area contributed by atoms with Crippen molar-refractivity contribution in [1.29, 1.82) is 0 Å². The summed E-state index contributed by atoms with van der Waals surface area (Å²) in [5, 5.41) is 9.65. The Balaban J connectivity index is 0.000000791. The monoisotopic (exact) mass is 195 g/mol. The summed E-state index contributed by atoms with van der Waals surface area (Å²) in [5.74, 6) is 0. The third-order valence-electron chi connectivity index (χ3n) is 1.80. The normalized spacial score (nSPS) is 10.4. The maximum Gasteiger partial charge on any atom is 0.101 e. The van der Waals surface area contributed by atoms with Crippen LogP contribution in [0.3, 0.4) is 0 Å². The second-order valence-corrected chi connectivity index (χ2v) is 3.43. The summed E-state index contributed by atoms with van der Waals surface area (Å²) in [6.45, 7) is 9.54. The van der Waals surface area contributed by atoms with Crippen LogP contribution in [0.25, 0.3) is 0 Å². The highest BCUT2D eigenvalue weighted by atomic mass is 16.3. The Kier molecular flexibility index (Phi) is 5.39. The van der Waals surface area contributed by atoms with Gasteiger partial charge >= 0.3 is 0 Å². The molecule has 0 aliphatic heterocycles. The Morgan fingerprint density at radius 1 is 1.29 bits per heavy atom. The van der Waals surface area contributed by atoms with E-state index >= 15 is 0 Å². The maximum atomic E-state index is 9.65. The Hall–Kier alpha value is -0.890. The molecule has 1 N–H and O–H groups in total. The molecule has 14 heavy (non-hydrogen) atoms. The number of hydrogen-bond acceptors (Lipinski definition) is 2. The molecule has 0 aliphatic carbocycles. The summed E-state index contributed by atoms with van der Waals surface area (Å²) in [4.78, 5) is 4.31. The summed E-state index contributed by atoms with van der Waals surface area (Å²) in [7, 11) is 0. The van der Waals surface area contributed by atoms with Gasteiger partial charge in [-0.2, -0.15) is 0 Å². The highest BCUT2D eigenvalue weighted by molar-refractivity contribution is 5.15. The number of hydrogen-bond donors (Lipinski definition) is 1. The van der Waals surface area contributed by atoms with Crippen LogP contribution in [-0.2, 0) is 12.0 Å². The summed E-state index contributed by atoms with van der Waals surface area (Å²) in [5.41, 5.74) is 0.932. The van der Waals surface area contributed by atoms with E-state index in [0.717, 1.165) is 17.8 Å². The molecule has 0 unspecified atom stereocenters. The zero-order chi connectivity index (χ0) is 11.2. The maximum absolute atomic E-state index is 9.65. The SMILES string of the molecule is CC.CCc1cccc(C(C)(C)O)n1. The van der Waals surface area contributed by atoms with Crippen LogP contribution >= 0.6 is 0 Å². The molecule has 2 nitrogen and oxygen atoms in total. The number of aromatic nitrogens is 1. The fraction of sp³-hybridized carbons (Fsp3) is 0.583. The van der Waals surface area contributed by atoms with Gasteiger partial charge in [-0.1, -0.05) is 26.8 Å². The highest BCUT2D eigenvalue weighted by Gasteiger charge is 2.16. The number of nitrogens with zero attached hydrogens (tertiary/aromatic N) is 1. The van der Waals surface area contributed by atoms with E-state index < -0.39 is 5.60 Å². The average molecular weight is 195 g/mol. The van der Waals surface area contributed by atoms with Crippen molar-refractivity contribution in [2.24, 2.45) is 0 Å². The van der Waals surface area contributed by atoms with Crippen LogP contribution in [0.1, 0.15) is 46.0 Å². The molecule has 0 aliphatic rings. The van der Waals surface area contributed by atoms with Gasteiger partial charge in [0.05, 0.1) is 5.69 Å². The molecule has 1 heterocycles. The lowest BCUT2D eigenvalue weighted by atomic mass is 10.0. The van der Waals surface area contributed by atoms with Gasteiger partial charge in [-0.3, -0.25) is 4.98 Å². The largest absolute Gasteiger partial charge is 0.384 e. The number of aliphatic hydroxyl groups is 1. The second-order valence-electron chi connectivity index (χ2n) is 3.43. The Bertz CT molecular complexity index is 263. The van der Waals surface area contributed by atoms with Crippen molar-refractivity contribution in [2.45, 2.75) is 46.6 Å². The topological polar surface area (TPSA) is 33.1 Å². The predicted octanol–water partition coefficient (Wildman–Crippen LogP) is 2.90. The summed E-state index contributed by atoms with van der Waals surface area (Å²) >= 11 is 0. The van der Waals surface area contributed by atoms with Crippen LogP contribution in [-0.4, -0.2) is 10.1 Å². The first kappa shape index (κ1) is 13.1. The molecule has 0 spiro atoms. The van der Waals surface area contributed by atoms with Crippen molar-refractivity contribution >= 4 is 0 Å². The van der Waals surface area contributed by atoms with Crippen LogP contribution in [0.2, 0.25) is 0 Å². The number of pyridine rings is 1. The van der Waals surface area contributed by atoms with Gasteiger partial charge in [-0.15, -0.1) is 0 Å². The van der Waals surface area contributed by atoms with Gasteiger partial charge in [-0.05, 0) is 32.4 Å². The molecule has 0 atom stereocenters. The first-order valence-electron chi connectivity index (χ1n) is 5.23. The van der Waals surface area contributed by atoms with Crippen molar-refractivity contribution in [1.82, 2.24) is 4.98 Å². The lowest BCUT2D eigenvalue weighted by Gasteiger charge is -2.16. The zero-order valence-electron chi connectivity index (χ0n) is 9.83. The van der Waals surface area contributed by atoms with Crippen molar-refractivity contribution in [2.75, 3.05) is 0 Å². The quantitative estimate of drug-likeness (QED) is 0.787. The first-order valence-corrected chi connectivity index (χ1v) is 5.23. The van der Waals surface area contributed by atoms with Crippen molar-refractivity contribution in [3.63, 3.8) is 0 Å². The van der Waals surface area contributed by atoms with E-state index in [9.17, 15) is 5.11 Å². The minimum Gasteiger partial charge on any atom is -0.384 e. The van der Waals surface area contributed by atoms with E-state index in [-0.39, 0.29) is 0 Å². The Morgan fingerprint density at radius 3 is 2.29 bits per heavy atom. The standard InChI is InChI=1S/C10H15NO.C2H6/c1-4-8-6-5-7-9(11-8)10(2,3)12;1-2/h5-7,12H,4H2,1-3H3;1-2H3. The molecule has 0 amide bonds. The lowest BCUT2D eigenvalue weighted by molar-refractivity contribution is 0.0736.